The highest BCUT2D eigenvalue weighted by Gasteiger charge is 2.28. The van der Waals surface area contributed by atoms with E-state index in [0.717, 1.165) is 11.1 Å². The third-order valence-corrected chi connectivity index (χ3v) is 4.70. The van der Waals surface area contributed by atoms with Crippen LogP contribution in [0.1, 0.15) is 17.5 Å². The van der Waals surface area contributed by atoms with Crippen molar-refractivity contribution in [1.29, 1.82) is 0 Å². The molecule has 1 amide bonds. The summed E-state index contributed by atoms with van der Waals surface area (Å²) in [4.78, 5) is 16.3. The minimum Gasteiger partial charge on any atom is -0.362 e. The molecule has 0 bridgehead atoms. The van der Waals surface area contributed by atoms with Gasteiger partial charge in [0.15, 0.2) is 10.9 Å². The first-order chi connectivity index (χ1) is 11.9. The standard InChI is InChI=1S/C18H17ClN2O3S/c1-12-4-2-5-13(8-12)10-24-18(23)7-3-6-14(9-18)16(22)21-17-20-15(19)11-25-17/h2-6,8-9,11,23H,7,10H2,1H3,(H,20,21,22). The Balaban J connectivity index is 1.67. The Morgan fingerprint density at radius 1 is 1.52 bits per heavy atom. The topological polar surface area (TPSA) is 71.5 Å². The number of ether oxygens (including phenoxy) is 1. The quantitative estimate of drug-likeness (QED) is 0.778. The van der Waals surface area contributed by atoms with Gasteiger partial charge in [-0.1, -0.05) is 53.6 Å². The molecule has 2 N–H and O–H groups in total. The van der Waals surface area contributed by atoms with Crippen LogP contribution in [0.5, 0.6) is 0 Å². The predicted octanol–water partition coefficient (Wildman–Crippen LogP) is 3.84. The van der Waals surface area contributed by atoms with Crippen molar-refractivity contribution in [2.24, 2.45) is 0 Å². The lowest BCUT2D eigenvalue weighted by molar-refractivity contribution is -0.173. The number of rotatable bonds is 5. The van der Waals surface area contributed by atoms with E-state index < -0.39 is 5.79 Å². The Morgan fingerprint density at radius 3 is 3.08 bits per heavy atom. The van der Waals surface area contributed by atoms with E-state index in [-0.39, 0.29) is 18.9 Å². The first-order valence-electron chi connectivity index (χ1n) is 7.67. The second-order valence-corrected chi connectivity index (χ2v) is 7.00. The first-order valence-corrected chi connectivity index (χ1v) is 8.93. The number of aryl methyl sites for hydroxylation is 1. The average Bonchev–Trinajstić information content (AvgIpc) is 2.98. The predicted molar refractivity (Wildman–Crippen MR) is 98.5 cm³/mol. The highest BCUT2D eigenvalue weighted by molar-refractivity contribution is 7.14. The number of carbonyl (C=O) groups excluding carboxylic acids is 1. The average molecular weight is 377 g/mol. The molecule has 7 heteroatoms. The van der Waals surface area contributed by atoms with Crippen molar-refractivity contribution in [3.8, 4) is 0 Å². The lowest BCUT2D eigenvalue weighted by Gasteiger charge is -2.27. The lowest BCUT2D eigenvalue weighted by Crippen LogP contribution is -2.32. The van der Waals surface area contributed by atoms with Crippen LogP contribution < -0.4 is 5.32 Å². The Hall–Kier alpha value is -1.99. The largest absolute Gasteiger partial charge is 0.362 e. The third-order valence-electron chi connectivity index (χ3n) is 3.62. The van der Waals surface area contributed by atoms with Gasteiger partial charge in [0, 0.05) is 17.4 Å². The van der Waals surface area contributed by atoms with Gasteiger partial charge in [0.1, 0.15) is 5.15 Å². The maximum absolute atomic E-state index is 12.3. The van der Waals surface area contributed by atoms with E-state index in [1.807, 2.05) is 31.2 Å². The summed E-state index contributed by atoms with van der Waals surface area (Å²) < 4.78 is 5.66. The van der Waals surface area contributed by atoms with Crippen molar-refractivity contribution < 1.29 is 14.6 Å². The molecule has 3 rings (SSSR count). The van der Waals surface area contributed by atoms with Crippen molar-refractivity contribution in [3.05, 3.63) is 69.7 Å². The fourth-order valence-corrected chi connectivity index (χ4v) is 3.27. The maximum Gasteiger partial charge on any atom is 0.257 e. The molecule has 1 aliphatic rings. The molecule has 0 fully saturated rings. The van der Waals surface area contributed by atoms with Crippen molar-refractivity contribution >= 4 is 34.0 Å². The van der Waals surface area contributed by atoms with E-state index in [0.29, 0.717) is 15.9 Å². The van der Waals surface area contributed by atoms with Crippen LogP contribution in [0, 0.1) is 6.92 Å². The molecule has 5 nitrogen and oxygen atoms in total. The van der Waals surface area contributed by atoms with Crippen LogP contribution in [0.4, 0.5) is 5.13 Å². The number of aliphatic hydroxyl groups is 1. The zero-order chi connectivity index (χ0) is 17.9. The zero-order valence-corrected chi connectivity index (χ0v) is 15.1. The van der Waals surface area contributed by atoms with E-state index in [9.17, 15) is 9.90 Å². The fraction of sp³-hybridized carbons (Fsp3) is 0.222. The van der Waals surface area contributed by atoms with E-state index in [4.69, 9.17) is 16.3 Å². The molecule has 1 aromatic heterocycles. The second-order valence-electron chi connectivity index (χ2n) is 5.76. The molecule has 1 aliphatic carbocycles. The number of nitrogens with one attached hydrogen (secondary N) is 1. The summed E-state index contributed by atoms with van der Waals surface area (Å²) in [5, 5.41) is 15.6. The van der Waals surface area contributed by atoms with Gasteiger partial charge in [0.2, 0.25) is 0 Å². The minimum absolute atomic E-state index is 0.250. The Labute approximate surface area is 154 Å². The maximum atomic E-state index is 12.3. The zero-order valence-electron chi connectivity index (χ0n) is 13.5. The van der Waals surface area contributed by atoms with Crippen LogP contribution in [0.3, 0.4) is 0 Å². The summed E-state index contributed by atoms with van der Waals surface area (Å²) in [5.41, 5.74) is 2.39. The first kappa shape index (κ1) is 17.8. The number of nitrogens with zero attached hydrogens (tertiary/aromatic N) is 1. The molecule has 0 aliphatic heterocycles. The lowest BCUT2D eigenvalue weighted by atomic mass is 10.0. The van der Waals surface area contributed by atoms with Gasteiger partial charge in [-0.3, -0.25) is 10.1 Å². The summed E-state index contributed by atoms with van der Waals surface area (Å²) in [6.45, 7) is 2.24. The molecule has 0 spiro atoms. The van der Waals surface area contributed by atoms with Gasteiger partial charge < -0.3 is 9.84 Å². The molecule has 0 saturated heterocycles. The van der Waals surface area contributed by atoms with Gasteiger partial charge in [0.05, 0.1) is 6.61 Å². The molecule has 1 atom stereocenters. The summed E-state index contributed by atoms with van der Waals surface area (Å²) in [6, 6.07) is 7.85. The highest BCUT2D eigenvalue weighted by atomic mass is 35.5. The molecule has 1 aromatic carbocycles. The van der Waals surface area contributed by atoms with Crippen LogP contribution in [-0.4, -0.2) is 21.8 Å². The van der Waals surface area contributed by atoms with E-state index in [2.05, 4.69) is 10.3 Å². The summed E-state index contributed by atoms with van der Waals surface area (Å²) >= 11 is 6.98. The minimum atomic E-state index is -1.52. The Bertz CT molecular complexity index is 846. The van der Waals surface area contributed by atoms with E-state index in [1.165, 1.54) is 17.4 Å². The smallest absolute Gasteiger partial charge is 0.257 e. The van der Waals surface area contributed by atoms with Crippen molar-refractivity contribution in [2.75, 3.05) is 5.32 Å². The SMILES string of the molecule is Cc1cccc(COC2(O)C=C(C(=O)Nc3nc(Cl)cs3)C=CC2)c1. The van der Waals surface area contributed by atoms with Gasteiger partial charge in [-0.05, 0) is 18.6 Å². The molecule has 25 heavy (non-hydrogen) atoms. The number of halogens is 1. The molecule has 130 valence electrons. The van der Waals surface area contributed by atoms with Crippen LogP contribution in [0.15, 0.2) is 53.4 Å². The molecular weight excluding hydrogens is 360 g/mol. The van der Waals surface area contributed by atoms with Crippen LogP contribution in [-0.2, 0) is 16.1 Å². The summed E-state index contributed by atoms with van der Waals surface area (Å²) in [5.74, 6) is -1.90. The second kappa shape index (κ2) is 7.49. The number of benzene rings is 1. The third kappa shape index (κ3) is 4.76. The monoisotopic (exact) mass is 376 g/mol. The molecule has 1 heterocycles. The number of amides is 1. The van der Waals surface area contributed by atoms with Crippen molar-refractivity contribution in [3.63, 3.8) is 0 Å². The van der Waals surface area contributed by atoms with Gasteiger partial charge in [-0.25, -0.2) is 4.98 Å². The van der Waals surface area contributed by atoms with Crippen molar-refractivity contribution in [1.82, 2.24) is 4.98 Å². The Morgan fingerprint density at radius 2 is 2.36 bits per heavy atom. The number of anilines is 1. The van der Waals surface area contributed by atoms with Crippen LogP contribution >= 0.6 is 22.9 Å². The van der Waals surface area contributed by atoms with Crippen molar-refractivity contribution in [2.45, 2.75) is 25.7 Å². The molecule has 2 aromatic rings. The summed E-state index contributed by atoms with van der Waals surface area (Å²) in [6.07, 6.45) is 5.06. The van der Waals surface area contributed by atoms with E-state index >= 15 is 0 Å². The number of aromatic nitrogens is 1. The molecule has 0 radical (unpaired) electrons. The fourth-order valence-electron chi connectivity index (χ4n) is 2.44. The highest BCUT2D eigenvalue weighted by Crippen LogP contribution is 2.26. The van der Waals surface area contributed by atoms with Gasteiger partial charge in [0.25, 0.3) is 5.91 Å². The van der Waals surface area contributed by atoms with E-state index in [1.54, 1.807) is 17.5 Å². The van der Waals surface area contributed by atoms with Gasteiger partial charge in [-0.15, -0.1) is 11.3 Å². The summed E-state index contributed by atoms with van der Waals surface area (Å²) in [7, 11) is 0. The Kier molecular flexibility index (Phi) is 5.34. The van der Waals surface area contributed by atoms with Gasteiger partial charge >= 0.3 is 0 Å². The normalized spacial score (nSPS) is 19.6. The van der Waals surface area contributed by atoms with Crippen LogP contribution in [0.2, 0.25) is 5.15 Å². The molecular formula is C18H17ClN2O3S. The van der Waals surface area contributed by atoms with Gasteiger partial charge in [-0.2, -0.15) is 0 Å². The number of thiazole rings is 1. The molecule has 1 unspecified atom stereocenters. The van der Waals surface area contributed by atoms with Crippen LogP contribution in [0.25, 0.3) is 0 Å². The number of hydrogen-bond acceptors (Lipinski definition) is 5. The number of hydrogen-bond donors (Lipinski definition) is 2. The molecule has 0 saturated carbocycles. The number of carbonyl (C=O) groups is 1.